The smallest absolute Gasteiger partial charge is 0.330 e. The Kier molecular flexibility index (Phi) is 4.15. The fraction of sp³-hybridized carbons (Fsp3) is 0.200. The molecule has 3 amide bonds. The lowest BCUT2D eigenvalue weighted by Crippen LogP contribution is -2.40. The molecule has 0 radical (unpaired) electrons. The minimum Gasteiger partial charge on any atom is -0.330 e. The Morgan fingerprint density at radius 1 is 1.12 bits per heavy atom. The maximum absolute atomic E-state index is 11.7. The SMILES string of the molecule is CN(C)C(=O)N(C(=O)Cl)c1ccc(Cl)cc1. The van der Waals surface area contributed by atoms with Crippen molar-refractivity contribution >= 4 is 40.3 Å². The molecule has 86 valence electrons. The molecule has 0 aliphatic heterocycles. The molecule has 1 aromatic carbocycles. The minimum atomic E-state index is -0.860. The molecular weight excluding hydrogens is 251 g/mol. The number of carbonyl (C=O) groups is 2. The first-order valence-electron chi connectivity index (χ1n) is 4.40. The van der Waals surface area contributed by atoms with Crippen LogP contribution in [0.4, 0.5) is 15.3 Å². The number of carbonyl (C=O) groups excluding carboxylic acids is 2. The van der Waals surface area contributed by atoms with Gasteiger partial charge in [-0.3, -0.25) is 4.79 Å². The van der Waals surface area contributed by atoms with Gasteiger partial charge in [0.05, 0.1) is 5.69 Å². The van der Waals surface area contributed by atoms with Crippen LogP contribution in [-0.4, -0.2) is 30.4 Å². The highest BCUT2D eigenvalue weighted by Gasteiger charge is 2.23. The van der Waals surface area contributed by atoms with Gasteiger partial charge in [-0.1, -0.05) is 11.6 Å². The Hall–Kier alpha value is -1.26. The van der Waals surface area contributed by atoms with Crippen molar-refractivity contribution in [1.82, 2.24) is 4.90 Å². The molecule has 0 aliphatic rings. The van der Waals surface area contributed by atoms with E-state index in [1.165, 1.54) is 19.0 Å². The average Bonchev–Trinajstić information content (AvgIpc) is 2.20. The Morgan fingerprint density at radius 2 is 1.62 bits per heavy atom. The Morgan fingerprint density at radius 3 is 2.00 bits per heavy atom. The van der Waals surface area contributed by atoms with Crippen molar-refractivity contribution in [2.24, 2.45) is 0 Å². The van der Waals surface area contributed by atoms with E-state index in [4.69, 9.17) is 23.2 Å². The predicted molar refractivity (Wildman–Crippen MR) is 64.3 cm³/mol. The number of hydrogen-bond acceptors (Lipinski definition) is 2. The van der Waals surface area contributed by atoms with Crippen molar-refractivity contribution in [3.8, 4) is 0 Å². The molecular formula is C10H10Cl2N2O2. The largest absolute Gasteiger partial charge is 0.331 e. The third-order valence-electron chi connectivity index (χ3n) is 1.83. The van der Waals surface area contributed by atoms with E-state index in [9.17, 15) is 9.59 Å². The fourth-order valence-corrected chi connectivity index (χ4v) is 1.37. The summed E-state index contributed by atoms with van der Waals surface area (Å²) in [6.07, 6.45) is 0. The van der Waals surface area contributed by atoms with E-state index in [1.807, 2.05) is 0 Å². The zero-order chi connectivity index (χ0) is 12.3. The summed E-state index contributed by atoms with van der Waals surface area (Å²) >= 11 is 11.1. The molecule has 0 N–H and O–H groups in total. The molecule has 0 bridgehead atoms. The predicted octanol–water partition coefficient (Wildman–Crippen LogP) is 3.19. The minimum absolute atomic E-state index is 0.378. The fourth-order valence-electron chi connectivity index (χ4n) is 1.08. The summed E-state index contributed by atoms with van der Waals surface area (Å²) in [7, 11) is 3.07. The Labute approximate surface area is 103 Å². The Bertz CT molecular complexity index is 404. The van der Waals surface area contributed by atoms with E-state index in [1.54, 1.807) is 24.3 Å². The second-order valence-electron chi connectivity index (χ2n) is 3.24. The van der Waals surface area contributed by atoms with Gasteiger partial charge >= 0.3 is 11.4 Å². The number of rotatable bonds is 1. The number of amides is 3. The molecule has 0 fully saturated rings. The summed E-state index contributed by atoms with van der Waals surface area (Å²) in [5.74, 6) is 0. The normalized spacial score (nSPS) is 9.75. The zero-order valence-corrected chi connectivity index (χ0v) is 10.3. The number of imide groups is 1. The van der Waals surface area contributed by atoms with Crippen LogP contribution in [0.2, 0.25) is 5.02 Å². The van der Waals surface area contributed by atoms with Crippen LogP contribution in [-0.2, 0) is 0 Å². The highest BCUT2D eigenvalue weighted by molar-refractivity contribution is 6.68. The summed E-state index contributed by atoms with van der Waals surface area (Å²) in [6.45, 7) is 0. The van der Waals surface area contributed by atoms with Crippen LogP contribution in [0, 0.1) is 0 Å². The second-order valence-corrected chi connectivity index (χ2v) is 4.00. The quantitative estimate of drug-likeness (QED) is 0.575. The lowest BCUT2D eigenvalue weighted by Gasteiger charge is -2.21. The molecule has 0 aliphatic carbocycles. The van der Waals surface area contributed by atoms with Gasteiger partial charge in [0.1, 0.15) is 0 Å². The first kappa shape index (κ1) is 12.8. The van der Waals surface area contributed by atoms with E-state index in [0.717, 1.165) is 4.90 Å². The zero-order valence-electron chi connectivity index (χ0n) is 8.78. The molecule has 16 heavy (non-hydrogen) atoms. The number of anilines is 1. The van der Waals surface area contributed by atoms with Crippen LogP contribution < -0.4 is 4.90 Å². The summed E-state index contributed by atoms with van der Waals surface area (Å²) in [6, 6.07) is 5.73. The van der Waals surface area contributed by atoms with Crippen molar-refractivity contribution in [2.45, 2.75) is 0 Å². The van der Waals surface area contributed by atoms with Crippen LogP contribution in [0.15, 0.2) is 24.3 Å². The third kappa shape index (κ3) is 2.87. The monoisotopic (exact) mass is 260 g/mol. The molecule has 4 nitrogen and oxygen atoms in total. The molecule has 0 spiro atoms. The Balaban J connectivity index is 3.08. The van der Waals surface area contributed by atoms with Crippen LogP contribution in [0.5, 0.6) is 0 Å². The van der Waals surface area contributed by atoms with Gasteiger partial charge in [0, 0.05) is 19.1 Å². The molecule has 0 atom stereocenters. The van der Waals surface area contributed by atoms with Gasteiger partial charge in [-0.15, -0.1) is 0 Å². The van der Waals surface area contributed by atoms with Crippen LogP contribution in [0.1, 0.15) is 0 Å². The number of benzene rings is 1. The summed E-state index contributed by atoms with van der Waals surface area (Å²) in [4.78, 5) is 25.0. The van der Waals surface area contributed by atoms with E-state index in [2.05, 4.69) is 0 Å². The average molecular weight is 261 g/mol. The highest BCUT2D eigenvalue weighted by Crippen LogP contribution is 2.20. The van der Waals surface area contributed by atoms with Gasteiger partial charge in [0.2, 0.25) is 0 Å². The van der Waals surface area contributed by atoms with Gasteiger partial charge in [-0.25, -0.2) is 9.69 Å². The molecule has 0 aromatic heterocycles. The van der Waals surface area contributed by atoms with Gasteiger partial charge in [-0.2, -0.15) is 0 Å². The molecule has 0 unspecified atom stereocenters. The van der Waals surface area contributed by atoms with Crippen molar-refractivity contribution in [2.75, 3.05) is 19.0 Å². The van der Waals surface area contributed by atoms with Gasteiger partial charge in [0.25, 0.3) is 0 Å². The lowest BCUT2D eigenvalue weighted by atomic mass is 10.3. The van der Waals surface area contributed by atoms with Gasteiger partial charge in [-0.05, 0) is 35.9 Å². The molecule has 1 rings (SSSR count). The lowest BCUT2D eigenvalue weighted by molar-refractivity contribution is 0.222. The highest BCUT2D eigenvalue weighted by atomic mass is 35.5. The maximum atomic E-state index is 11.7. The van der Waals surface area contributed by atoms with Crippen molar-refractivity contribution < 1.29 is 9.59 Å². The van der Waals surface area contributed by atoms with Crippen LogP contribution in [0.25, 0.3) is 0 Å². The standard InChI is InChI=1S/C10H10Cl2N2O2/c1-13(2)10(16)14(9(12)15)8-5-3-7(11)4-6-8/h3-6H,1-2H3. The molecule has 0 saturated heterocycles. The molecule has 0 heterocycles. The first-order valence-corrected chi connectivity index (χ1v) is 5.15. The van der Waals surface area contributed by atoms with E-state index < -0.39 is 11.4 Å². The molecule has 6 heteroatoms. The molecule has 0 saturated carbocycles. The maximum Gasteiger partial charge on any atom is 0.331 e. The summed E-state index contributed by atoms with van der Waals surface area (Å²) < 4.78 is 0. The number of nitrogens with zero attached hydrogens (tertiary/aromatic N) is 2. The number of hydrogen-bond donors (Lipinski definition) is 0. The van der Waals surface area contributed by atoms with Crippen LogP contribution >= 0.6 is 23.2 Å². The third-order valence-corrected chi connectivity index (χ3v) is 2.26. The van der Waals surface area contributed by atoms with Gasteiger partial charge in [0.15, 0.2) is 0 Å². The molecule has 1 aromatic rings. The first-order chi connectivity index (χ1) is 7.43. The summed E-state index contributed by atoms with van der Waals surface area (Å²) in [5, 5.41) is -0.343. The van der Waals surface area contributed by atoms with Crippen molar-refractivity contribution in [3.05, 3.63) is 29.3 Å². The van der Waals surface area contributed by atoms with E-state index in [0.29, 0.717) is 10.7 Å². The van der Waals surface area contributed by atoms with E-state index >= 15 is 0 Å². The van der Waals surface area contributed by atoms with E-state index in [-0.39, 0.29) is 0 Å². The second kappa shape index (κ2) is 5.18. The summed E-state index contributed by atoms with van der Waals surface area (Å²) in [5.41, 5.74) is 0.378. The topological polar surface area (TPSA) is 40.6 Å². The van der Waals surface area contributed by atoms with Gasteiger partial charge < -0.3 is 4.90 Å². The van der Waals surface area contributed by atoms with Crippen LogP contribution in [0.3, 0.4) is 0 Å². The number of urea groups is 1. The van der Waals surface area contributed by atoms with Crippen molar-refractivity contribution in [3.63, 3.8) is 0 Å². The van der Waals surface area contributed by atoms with Crippen molar-refractivity contribution in [1.29, 1.82) is 0 Å². The number of halogens is 2.